The first-order chi connectivity index (χ1) is 42.6. The number of carbonyl (C=O) groups is 4. The maximum absolute atomic E-state index is 13.0. The number of rotatable bonds is 67. The van der Waals surface area contributed by atoms with Gasteiger partial charge in [-0.1, -0.05) is 293 Å². The molecule has 3 N–H and O–H groups in total. The molecule has 0 fully saturated rings. The van der Waals surface area contributed by atoms with Crippen molar-refractivity contribution >= 4 is 39.5 Å². The summed E-state index contributed by atoms with van der Waals surface area (Å²) in [5.74, 6) is 0.778. The number of carbonyl (C=O) groups excluding carboxylic acids is 4. The molecule has 0 radical (unpaired) electrons. The Hall–Kier alpha value is -1.94. The first-order valence-corrected chi connectivity index (χ1v) is 39.2. The van der Waals surface area contributed by atoms with Crippen LogP contribution in [0.5, 0.6) is 0 Å². The minimum Gasteiger partial charge on any atom is -0.462 e. The third-order valence-electron chi connectivity index (χ3n) is 16.1. The third kappa shape index (κ3) is 64.6. The largest absolute Gasteiger partial charge is 0.472 e. The van der Waals surface area contributed by atoms with Crippen molar-refractivity contribution in [3.8, 4) is 0 Å². The van der Waals surface area contributed by atoms with E-state index in [0.29, 0.717) is 37.5 Å². The molecule has 19 heteroatoms. The highest BCUT2D eigenvalue weighted by Crippen LogP contribution is 2.45. The lowest BCUT2D eigenvalue weighted by Crippen LogP contribution is -2.30. The summed E-state index contributed by atoms with van der Waals surface area (Å²) in [5.41, 5.74) is 0. The van der Waals surface area contributed by atoms with Gasteiger partial charge in [-0.2, -0.15) is 0 Å². The molecule has 0 saturated heterocycles. The Bertz CT molecular complexity index is 1760. The lowest BCUT2D eigenvalue weighted by molar-refractivity contribution is -0.161. The van der Waals surface area contributed by atoms with Gasteiger partial charge < -0.3 is 33.8 Å². The Morgan fingerprint density at radius 2 is 0.472 bits per heavy atom. The smallest absolute Gasteiger partial charge is 0.462 e. The Morgan fingerprint density at radius 3 is 0.697 bits per heavy atom. The van der Waals surface area contributed by atoms with Gasteiger partial charge in [0.15, 0.2) is 12.2 Å². The monoisotopic (exact) mass is 1310 g/mol. The van der Waals surface area contributed by atoms with E-state index in [9.17, 15) is 43.2 Å². The van der Waals surface area contributed by atoms with Crippen LogP contribution >= 0.6 is 15.6 Å². The molecule has 0 aromatic carbocycles. The second kappa shape index (κ2) is 59.8. The van der Waals surface area contributed by atoms with E-state index in [1.807, 2.05) is 0 Å². The number of unbranched alkanes of at least 4 members (excludes halogenated alkanes) is 33. The molecule has 0 aliphatic carbocycles. The molecule has 0 aliphatic heterocycles. The Labute approximate surface area is 543 Å². The molecule has 89 heavy (non-hydrogen) atoms. The average Bonchev–Trinajstić information content (AvgIpc) is 3.70. The minimum atomic E-state index is -4.95. The molecule has 0 amide bonds. The van der Waals surface area contributed by atoms with Crippen molar-refractivity contribution in [1.29, 1.82) is 0 Å². The van der Waals surface area contributed by atoms with E-state index < -0.39 is 97.5 Å². The van der Waals surface area contributed by atoms with Gasteiger partial charge in [0.25, 0.3) is 0 Å². The van der Waals surface area contributed by atoms with Crippen LogP contribution < -0.4 is 0 Å². The summed E-state index contributed by atoms with van der Waals surface area (Å²) in [6, 6.07) is 0. The van der Waals surface area contributed by atoms with Crippen LogP contribution in [0, 0.1) is 23.7 Å². The topological polar surface area (TPSA) is 237 Å². The van der Waals surface area contributed by atoms with Crippen LogP contribution in [0.3, 0.4) is 0 Å². The molecule has 0 saturated carbocycles. The molecular weight excluding hydrogens is 1170 g/mol. The fraction of sp³-hybridized carbons (Fsp3) is 0.943. The van der Waals surface area contributed by atoms with E-state index in [1.54, 1.807) is 0 Å². The van der Waals surface area contributed by atoms with Gasteiger partial charge in [0, 0.05) is 25.7 Å². The van der Waals surface area contributed by atoms with Crippen molar-refractivity contribution in [2.75, 3.05) is 39.6 Å². The van der Waals surface area contributed by atoms with Gasteiger partial charge in [-0.3, -0.25) is 37.3 Å². The number of phosphoric ester groups is 2. The van der Waals surface area contributed by atoms with Crippen LogP contribution in [0.25, 0.3) is 0 Å². The number of hydrogen-bond donors (Lipinski definition) is 3. The zero-order valence-electron chi connectivity index (χ0n) is 58.1. The molecular formula is C70H136O17P2. The summed E-state index contributed by atoms with van der Waals surface area (Å²) >= 11 is 0. The molecule has 0 spiro atoms. The molecule has 5 atom stereocenters. The predicted octanol–water partition coefficient (Wildman–Crippen LogP) is 19.7. The van der Waals surface area contributed by atoms with Gasteiger partial charge in [0.1, 0.15) is 19.3 Å². The summed E-state index contributed by atoms with van der Waals surface area (Å²) < 4.78 is 68.2. The zero-order chi connectivity index (χ0) is 66.1. The van der Waals surface area contributed by atoms with Crippen LogP contribution in [0.1, 0.15) is 344 Å². The van der Waals surface area contributed by atoms with E-state index >= 15 is 0 Å². The van der Waals surface area contributed by atoms with Crippen molar-refractivity contribution in [2.45, 2.75) is 363 Å². The van der Waals surface area contributed by atoms with Gasteiger partial charge in [-0.05, 0) is 49.4 Å². The number of esters is 4. The van der Waals surface area contributed by atoms with Crippen molar-refractivity contribution in [2.24, 2.45) is 23.7 Å². The number of hydrogen-bond acceptors (Lipinski definition) is 15. The van der Waals surface area contributed by atoms with Crippen LogP contribution in [-0.4, -0.2) is 96.7 Å². The van der Waals surface area contributed by atoms with E-state index in [2.05, 4.69) is 55.4 Å². The van der Waals surface area contributed by atoms with Crippen LogP contribution in [0.15, 0.2) is 0 Å². The quantitative estimate of drug-likeness (QED) is 0.0222. The van der Waals surface area contributed by atoms with Crippen molar-refractivity contribution < 1.29 is 80.2 Å². The first-order valence-electron chi connectivity index (χ1n) is 36.2. The summed E-state index contributed by atoms with van der Waals surface area (Å²) in [6.07, 6.45) is 42.1. The highest BCUT2D eigenvalue weighted by Gasteiger charge is 2.30. The summed E-state index contributed by atoms with van der Waals surface area (Å²) in [6.45, 7) is 14.0. The average molecular weight is 1310 g/mol. The first kappa shape index (κ1) is 87.1. The van der Waals surface area contributed by atoms with Crippen LogP contribution in [0.4, 0.5) is 0 Å². The Balaban J connectivity index is 5.19. The van der Waals surface area contributed by atoms with Gasteiger partial charge in [0.05, 0.1) is 26.4 Å². The standard InChI is InChI=1S/C70H136O17P2/c1-60(2)46-38-30-22-17-15-13-11-9-10-12-14-16-18-25-36-44-52-69(74)86-65(56-80-67(72)50-42-34-27-21-24-32-40-48-62(5)6)58-84-88(76,77)82-54-64(71)55-83-89(78,79)85-59-66(57-81-68(73)51-43-35-29-28-33-41-49-63(7)8)87-70(75)53-45-37-26-20-19-23-31-39-47-61(3)4/h60-66,71H,9-59H2,1-8H3,(H,76,77)(H,78,79)/t64-,65-,66-/m1/s1. The highest BCUT2D eigenvalue weighted by molar-refractivity contribution is 7.47. The summed E-state index contributed by atoms with van der Waals surface area (Å²) in [5, 5.41) is 10.6. The predicted molar refractivity (Wildman–Crippen MR) is 358 cm³/mol. The van der Waals surface area contributed by atoms with E-state index in [4.69, 9.17) is 37.0 Å². The minimum absolute atomic E-state index is 0.103. The fourth-order valence-corrected chi connectivity index (χ4v) is 12.1. The van der Waals surface area contributed by atoms with Crippen LogP contribution in [-0.2, 0) is 65.4 Å². The lowest BCUT2D eigenvalue weighted by atomic mass is 10.0. The number of ether oxygens (including phenoxy) is 4. The summed E-state index contributed by atoms with van der Waals surface area (Å²) in [7, 11) is -9.90. The Kier molecular flexibility index (Phi) is 58.5. The SMILES string of the molecule is CC(C)CCCCCCCCCCCCCCCCCCC(=O)O[C@H](COC(=O)CCCCCCCCCC(C)C)COP(=O)(O)OC[C@@H](O)COP(=O)(O)OC[C@@H](COC(=O)CCCCCCCCC(C)C)OC(=O)CCCCCCCCCCC(C)C. The molecule has 17 nitrogen and oxygen atoms in total. The molecule has 0 rings (SSSR count). The molecule has 0 aliphatic rings. The van der Waals surface area contributed by atoms with E-state index in [1.165, 1.54) is 135 Å². The normalized spacial score (nSPS) is 14.3. The summed E-state index contributed by atoms with van der Waals surface area (Å²) in [4.78, 5) is 72.4. The maximum atomic E-state index is 13.0. The number of phosphoric acid groups is 2. The highest BCUT2D eigenvalue weighted by atomic mass is 31.2. The van der Waals surface area contributed by atoms with Crippen LogP contribution in [0.2, 0.25) is 0 Å². The second-order valence-electron chi connectivity index (χ2n) is 27.2. The maximum Gasteiger partial charge on any atom is 0.472 e. The molecule has 0 heterocycles. The van der Waals surface area contributed by atoms with Gasteiger partial charge in [-0.15, -0.1) is 0 Å². The van der Waals surface area contributed by atoms with Gasteiger partial charge in [-0.25, -0.2) is 9.13 Å². The van der Waals surface area contributed by atoms with Gasteiger partial charge in [0.2, 0.25) is 0 Å². The molecule has 0 bridgehead atoms. The van der Waals surface area contributed by atoms with E-state index in [-0.39, 0.29) is 25.7 Å². The lowest BCUT2D eigenvalue weighted by Gasteiger charge is -2.21. The van der Waals surface area contributed by atoms with Gasteiger partial charge >= 0.3 is 39.5 Å². The van der Waals surface area contributed by atoms with Crippen molar-refractivity contribution in [3.63, 3.8) is 0 Å². The molecule has 528 valence electrons. The second-order valence-corrected chi connectivity index (χ2v) is 30.1. The molecule has 0 aromatic rings. The molecule has 2 unspecified atom stereocenters. The number of aliphatic hydroxyl groups is 1. The van der Waals surface area contributed by atoms with Crippen molar-refractivity contribution in [3.05, 3.63) is 0 Å². The number of aliphatic hydroxyl groups excluding tert-OH is 1. The third-order valence-corrected chi connectivity index (χ3v) is 18.0. The molecule has 0 aromatic heterocycles. The van der Waals surface area contributed by atoms with E-state index in [0.717, 1.165) is 115 Å². The fourth-order valence-electron chi connectivity index (χ4n) is 10.5. The van der Waals surface area contributed by atoms with Crippen molar-refractivity contribution in [1.82, 2.24) is 0 Å². The zero-order valence-corrected chi connectivity index (χ0v) is 59.8. The Morgan fingerprint density at radius 1 is 0.281 bits per heavy atom.